The molecule has 6 heteroatoms. The molecule has 0 bridgehead atoms. The molecule has 116 valence electrons. The van der Waals surface area contributed by atoms with E-state index < -0.39 is 11.2 Å². The van der Waals surface area contributed by atoms with Crippen molar-refractivity contribution in [3.8, 4) is 5.88 Å². The summed E-state index contributed by atoms with van der Waals surface area (Å²) in [4.78, 5) is 30.2. The second kappa shape index (κ2) is 6.89. The third kappa shape index (κ3) is 3.52. The molecule has 0 aliphatic rings. The van der Waals surface area contributed by atoms with Crippen molar-refractivity contribution in [3.63, 3.8) is 0 Å². The number of hydrogen-bond donors (Lipinski definition) is 2. The number of rotatable bonds is 5. The van der Waals surface area contributed by atoms with Gasteiger partial charge in [-0.15, -0.1) is 0 Å². The third-order valence-electron chi connectivity index (χ3n) is 3.44. The molecule has 2 rings (SSSR count). The molecule has 1 heterocycles. The van der Waals surface area contributed by atoms with E-state index in [0.29, 0.717) is 0 Å². The van der Waals surface area contributed by atoms with E-state index in [4.69, 9.17) is 0 Å². The van der Waals surface area contributed by atoms with Crippen LogP contribution in [0.2, 0.25) is 0 Å². The molecule has 0 aliphatic heterocycles. The van der Waals surface area contributed by atoms with Crippen molar-refractivity contribution >= 4 is 6.21 Å². The van der Waals surface area contributed by atoms with Crippen molar-refractivity contribution in [2.24, 2.45) is 4.99 Å². The summed E-state index contributed by atoms with van der Waals surface area (Å²) < 4.78 is 1.12. The topological polar surface area (TPSA) is 87.4 Å². The zero-order valence-electron chi connectivity index (χ0n) is 12.6. The fraction of sp³-hybridized carbons (Fsp3) is 0.312. The molecule has 2 aromatic rings. The highest BCUT2D eigenvalue weighted by Gasteiger charge is 2.13. The van der Waals surface area contributed by atoms with E-state index in [1.807, 2.05) is 44.2 Å². The van der Waals surface area contributed by atoms with Gasteiger partial charge in [-0.25, -0.2) is 4.79 Å². The average molecular weight is 301 g/mol. The lowest BCUT2D eigenvalue weighted by Gasteiger charge is -2.10. The predicted molar refractivity (Wildman–Crippen MR) is 85.9 cm³/mol. The van der Waals surface area contributed by atoms with Crippen molar-refractivity contribution in [2.75, 3.05) is 0 Å². The maximum absolute atomic E-state index is 11.9. The zero-order chi connectivity index (χ0) is 16.1. The van der Waals surface area contributed by atoms with Gasteiger partial charge in [0.2, 0.25) is 5.88 Å². The minimum Gasteiger partial charge on any atom is -0.494 e. The van der Waals surface area contributed by atoms with Gasteiger partial charge in [0.25, 0.3) is 5.56 Å². The van der Waals surface area contributed by atoms with E-state index in [0.717, 1.165) is 16.6 Å². The molecule has 0 unspecified atom stereocenters. The van der Waals surface area contributed by atoms with Crippen molar-refractivity contribution in [3.05, 3.63) is 62.3 Å². The summed E-state index contributed by atoms with van der Waals surface area (Å²) >= 11 is 0. The van der Waals surface area contributed by atoms with Crippen LogP contribution in [0.3, 0.4) is 0 Å². The summed E-state index contributed by atoms with van der Waals surface area (Å²) in [5.74, 6) is -0.371. The molecule has 1 aromatic heterocycles. The molecular formula is C16H19N3O3. The van der Waals surface area contributed by atoms with Gasteiger partial charge in [0, 0.05) is 12.3 Å². The molecule has 6 nitrogen and oxygen atoms in total. The number of aromatic hydroxyl groups is 1. The number of nitrogens with zero attached hydrogens (tertiary/aromatic N) is 2. The fourth-order valence-corrected chi connectivity index (χ4v) is 1.91. The van der Waals surface area contributed by atoms with Gasteiger partial charge >= 0.3 is 5.69 Å². The maximum Gasteiger partial charge on any atom is 0.331 e. The molecular weight excluding hydrogens is 282 g/mol. The second-order valence-corrected chi connectivity index (χ2v) is 5.10. The smallest absolute Gasteiger partial charge is 0.331 e. The van der Waals surface area contributed by atoms with Gasteiger partial charge in [0.15, 0.2) is 0 Å². The summed E-state index contributed by atoms with van der Waals surface area (Å²) in [6.45, 7) is 4.05. The van der Waals surface area contributed by atoms with Crippen LogP contribution in [0.25, 0.3) is 0 Å². The predicted octanol–water partition coefficient (Wildman–Crippen LogP) is 1.51. The minimum absolute atomic E-state index is 0.00386. The van der Waals surface area contributed by atoms with Crippen molar-refractivity contribution in [1.82, 2.24) is 9.55 Å². The van der Waals surface area contributed by atoms with E-state index in [9.17, 15) is 14.7 Å². The summed E-state index contributed by atoms with van der Waals surface area (Å²) in [5, 5.41) is 10.2. The number of H-pyrrole nitrogens is 1. The van der Waals surface area contributed by atoms with Crippen molar-refractivity contribution in [2.45, 2.75) is 32.9 Å². The maximum atomic E-state index is 11.9. The van der Waals surface area contributed by atoms with Gasteiger partial charge in [-0.1, -0.05) is 37.3 Å². The summed E-state index contributed by atoms with van der Waals surface area (Å²) in [7, 11) is 0. The fourth-order valence-electron chi connectivity index (χ4n) is 1.91. The third-order valence-corrected chi connectivity index (χ3v) is 3.44. The lowest BCUT2D eigenvalue weighted by molar-refractivity contribution is 0.408. The highest BCUT2D eigenvalue weighted by molar-refractivity contribution is 5.82. The Morgan fingerprint density at radius 1 is 1.32 bits per heavy atom. The summed E-state index contributed by atoms with van der Waals surface area (Å²) in [5.41, 5.74) is -0.446. The molecule has 0 spiro atoms. The Balaban J connectivity index is 2.45. The zero-order valence-corrected chi connectivity index (χ0v) is 12.6. The number of nitrogens with one attached hydrogen (secondary N) is 1. The first-order valence-electron chi connectivity index (χ1n) is 7.16. The largest absolute Gasteiger partial charge is 0.494 e. The van der Waals surface area contributed by atoms with Crippen LogP contribution in [-0.4, -0.2) is 26.9 Å². The molecule has 0 amide bonds. The minimum atomic E-state index is -0.646. The Morgan fingerprint density at radius 2 is 2.00 bits per heavy atom. The Bertz CT molecular complexity index is 775. The van der Waals surface area contributed by atoms with Gasteiger partial charge in [0.1, 0.15) is 5.56 Å². The van der Waals surface area contributed by atoms with Crippen LogP contribution in [0.4, 0.5) is 0 Å². The molecule has 22 heavy (non-hydrogen) atoms. The van der Waals surface area contributed by atoms with Crippen LogP contribution in [0, 0.1) is 0 Å². The van der Waals surface area contributed by atoms with Crippen LogP contribution in [-0.2, 0) is 6.54 Å². The summed E-state index contributed by atoms with van der Waals surface area (Å²) in [6, 6.07) is 9.26. The molecule has 2 N–H and O–H groups in total. The monoisotopic (exact) mass is 301 g/mol. The molecule has 0 saturated carbocycles. The van der Waals surface area contributed by atoms with Crippen molar-refractivity contribution in [1.29, 1.82) is 0 Å². The summed E-state index contributed by atoms with van der Waals surface area (Å²) in [6.07, 6.45) is 2.14. The molecule has 1 aromatic carbocycles. The Hall–Kier alpha value is -2.63. The highest BCUT2D eigenvalue weighted by atomic mass is 16.3. The van der Waals surface area contributed by atoms with Crippen LogP contribution in [0.1, 0.15) is 31.4 Å². The van der Waals surface area contributed by atoms with Crippen LogP contribution in [0.5, 0.6) is 5.88 Å². The SMILES string of the molecule is CC[C@H](C)N=Cc1c(O)n(Cc2ccccc2)c(=O)[nH]c1=O. The van der Waals surface area contributed by atoms with E-state index in [2.05, 4.69) is 9.98 Å². The molecule has 0 saturated heterocycles. The number of hydrogen-bond acceptors (Lipinski definition) is 4. The van der Waals surface area contributed by atoms with E-state index in [-0.39, 0.29) is 24.0 Å². The Morgan fingerprint density at radius 3 is 2.64 bits per heavy atom. The van der Waals surface area contributed by atoms with Gasteiger partial charge in [-0.2, -0.15) is 0 Å². The van der Waals surface area contributed by atoms with Crippen molar-refractivity contribution < 1.29 is 5.11 Å². The Labute approximate surface area is 127 Å². The van der Waals surface area contributed by atoms with E-state index in [1.165, 1.54) is 6.21 Å². The van der Waals surface area contributed by atoms with Gasteiger partial charge in [-0.05, 0) is 18.9 Å². The van der Waals surface area contributed by atoms with Crippen LogP contribution in [0.15, 0.2) is 44.9 Å². The van der Waals surface area contributed by atoms with E-state index in [1.54, 1.807) is 0 Å². The lowest BCUT2D eigenvalue weighted by Crippen LogP contribution is -2.32. The first-order chi connectivity index (χ1) is 10.5. The van der Waals surface area contributed by atoms with Crippen LogP contribution >= 0.6 is 0 Å². The molecule has 0 aliphatic carbocycles. The lowest BCUT2D eigenvalue weighted by atomic mass is 10.2. The number of aliphatic imine (C=N–C) groups is 1. The molecule has 0 fully saturated rings. The Kier molecular flexibility index (Phi) is 4.93. The van der Waals surface area contributed by atoms with Gasteiger partial charge < -0.3 is 5.11 Å². The van der Waals surface area contributed by atoms with Crippen LogP contribution < -0.4 is 11.2 Å². The first kappa shape index (κ1) is 15.8. The molecule has 0 radical (unpaired) electrons. The number of aromatic amines is 1. The first-order valence-corrected chi connectivity index (χ1v) is 7.16. The van der Waals surface area contributed by atoms with E-state index >= 15 is 0 Å². The standard InChI is InChI=1S/C16H19N3O3/c1-3-11(2)17-9-13-14(20)18-16(22)19(15(13)21)10-12-7-5-4-6-8-12/h4-9,11,21H,3,10H2,1-2H3,(H,18,20,22)/t11-/m0/s1. The van der Waals surface area contributed by atoms with Gasteiger partial charge in [0.05, 0.1) is 6.54 Å². The second-order valence-electron chi connectivity index (χ2n) is 5.10. The highest BCUT2D eigenvalue weighted by Crippen LogP contribution is 2.11. The average Bonchev–Trinajstić information content (AvgIpc) is 2.51. The number of benzene rings is 1. The number of aromatic nitrogens is 2. The normalized spacial score (nSPS) is 12.6. The quantitative estimate of drug-likeness (QED) is 0.821. The molecule has 1 atom stereocenters. The van der Waals surface area contributed by atoms with Gasteiger partial charge in [-0.3, -0.25) is 19.3 Å².